The summed E-state index contributed by atoms with van der Waals surface area (Å²) in [7, 11) is -3.34. The monoisotopic (exact) mass is 392 g/mol. The van der Waals surface area contributed by atoms with E-state index in [2.05, 4.69) is 33.3 Å². The molecule has 0 atom stereocenters. The van der Waals surface area contributed by atoms with Gasteiger partial charge in [0.05, 0.1) is 24.5 Å². The number of rotatable bonds is 12. The van der Waals surface area contributed by atoms with Gasteiger partial charge in [0.25, 0.3) is 0 Å². The van der Waals surface area contributed by atoms with Gasteiger partial charge < -0.3 is 0 Å². The minimum absolute atomic E-state index is 0.121. The van der Waals surface area contributed by atoms with Crippen molar-refractivity contribution in [3.63, 3.8) is 0 Å². The number of benzene rings is 1. The van der Waals surface area contributed by atoms with Crippen molar-refractivity contribution in [2.24, 2.45) is 0 Å². The fourth-order valence-electron chi connectivity index (χ4n) is 3.22. The molecule has 0 radical (unpaired) electrons. The minimum Gasteiger partial charge on any atom is -0.283 e. The maximum Gasteiger partial charge on any atom is 0.243 e. The molecule has 150 valence electrons. The van der Waals surface area contributed by atoms with Crippen molar-refractivity contribution in [2.75, 3.05) is 10.5 Å². The second kappa shape index (κ2) is 10.5. The van der Waals surface area contributed by atoms with Crippen molar-refractivity contribution in [3.05, 3.63) is 48.0 Å². The van der Waals surface area contributed by atoms with E-state index in [1.54, 1.807) is 0 Å². The van der Waals surface area contributed by atoms with Gasteiger partial charge in [-0.05, 0) is 37.8 Å². The lowest BCUT2D eigenvalue weighted by molar-refractivity contribution is -0.696. The number of nitrogens with zero attached hydrogens (tertiary/aromatic N) is 2. The molecular weight excluding hydrogens is 358 g/mol. The third-order valence-electron chi connectivity index (χ3n) is 4.83. The minimum atomic E-state index is -3.34. The number of aromatic nitrogens is 2. The lowest BCUT2D eigenvalue weighted by atomic mass is 10.1. The number of sulfonamides is 1. The van der Waals surface area contributed by atoms with Gasteiger partial charge in [-0.1, -0.05) is 44.4 Å². The van der Waals surface area contributed by atoms with Crippen LogP contribution in [0.4, 0.5) is 5.69 Å². The van der Waals surface area contributed by atoms with Crippen LogP contribution in [0.3, 0.4) is 0 Å². The summed E-state index contributed by atoms with van der Waals surface area (Å²) in [4.78, 5) is 0. The molecule has 0 saturated heterocycles. The number of unbranched alkanes of at least 4 members (excludes halogenated alkanes) is 4. The van der Waals surface area contributed by atoms with E-state index in [0.717, 1.165) is 17.7 Å². The predicted molar refractivity (Wildman–Crippen MR) is 111 cm³/mol. The molecule has 2 aromatic rings. The Morgan fingerprint density at radius 1 is 1.04 bits per heavy atom. The normalized spacial score (nSPS) is 11.7. The fourth-order valence-corrected chi connectivity index (χ4v) is 4.46. The zero-order valence-electron chi connectivity index (χ0n) is 16.9. The number of para-hydroxylation sites is 1. The highest BCUT2D eigenvalue weighted by molar-refractivity contribution is 7.92. The third-order valence-corrected chi connectivity index (χ3v) is 6.18. The lowest BCUT2D eigenvalue weighted by Gasteiger charge is -2.12. The molecule has 0 aliphatic heterocycles. The van der Waals surface area contributed by atoms with Gasteiger partial charge >= 0.3 is 0 Å². The van der Waals surface area contributed by atoms with Crippen molar-refractivity contribution in [2.45, 2.75) is 72.4 Å². The molecule has 6 heteroatoms. The van der Waals surface area contributed by atoms with Gasteiger partial charge in [0, 0.05) is 6.42 Å². The number of hydrogen-bond donors (Lipinski definition) is 1. The molecule has 0 aliphatic carbocycles. The molecule has 1 aromatic heterocycles. The van der Waals surface area contributed by atoms with Crippen LogP contribution in [0.2, 0.25) is 0 Å². The Labute approximate surface area is 164 Å². The van der Waals surface area contributed by atoms with Crippen LogP contribution in [-0.2, 0) is 23.1 Å². The summed E-state index contributed by atoms with van der Waals surface area (Å²) in [6, 6.07) is 5.78. The van der Waals surface area contributed by atoms with Gasteiger partial charge in [-0.25, -0.2) is 17.6 Å². The molecule has 0 saturated carbocycles. The zero-order chi connectivity index (χ0) is 19.7. The van der Waals surface area contributed by atoms with E-state index in [9.17, 15) is 8.42 Å². The standard InChI is InChI=1S/C21H34N3O2S/c1-4-5-6-7-8-13-23-15-16-24(18-23)14-10-17-27(25,26)22-21-19(2)11-9-12-20(21)3/h9,11-12,15-16,18,22H,4-8,10,13-14,17H2,1-3H3/q+1. The first-order valence-corrected chi connectivity index (χ1v) is 11.7. The summed E-state index contributed by atoms with van der Waals surface area (Å²) >= 11 is 0. The smallest absolute Gasteiger partial charge is 0.243 e. The first-order valence-electron chi connectivity index (χ1n) is 10.0. The summed E-state index contributed by atoms with van der Waals surface area (Å²) in [6.45, 7) is 7.81. The summed E-state index contributed by atoms with van der Waals surface area (Å²) in [6.07, 6.45) is 13.1. The van der Waals surface area contributed by atoms with Crippen LogP contribution in [0, 0.1) is 13.8 Å². The average molecular weight is 393 g/mol. The van der Waals surface area contributed by atoms with Crippen LogP contribution in [-0.4, -0.2) is 18.7 Å². The lowest BCUT2D eigenvalue weighted by Crippen LogP contribution is -2.32. The number of aryl methyl sites for hydroxylation is 4. The molecule has 0 aliphatic rings. The topological polar surface area (TPSA) is 55.0 Å². The van der Waals surface area contributed by atoms with Gasteiger partial charge in [0.15, 0.2) is 0 Å². The van der Waals surface area contributed by atoms with Crippen molar-refractivity contribution < 1.29 is 13.0 Å². The second-order valence-corrected chi connectivity index (χ2v) is 9.19. The van der Waals surface area contributed by atoms with Crippen LogP contribution in [0.1, 0.15) is 56.6 Å². The molecule has 0 spiro atoms. The van der Waals surface area contributed by atoms with E-state index in [1.165, 1.54) is 32.1 Å². The number of anilines is 1. The number of imidazole rings is 1. The van der Waals surface area contributed by atoms with Gasteiger partial charge in [-0.2, -0.15) is 0 Å². The van der Waals surface area contributed by atoms with Crippen molar-refractivity contribution in [1.29, 1.82) is 0 Å². The Balaban J connectivity index is 1.77. The molecule has 0 fully saturated rings. The number of nitrogens with one attached hydrogen (secondary N) is 1. The maximum absolute atomic E-state index is 12.4. The average Bonchev–Trinajstić information content (AvgIpc) is 3.06. The molecule has 0 unspecified atom stereocenters. The Bertz CT molecular complexity index is 792. The number of hydrogen-bond acceptors (Lipinski definition) is 2. The largest absolute Gasteiger partial charge is 0.283 e. The van der Waals surface area contributed by atoms with Crippen LogP contribution in [0.15, 0.2) is 36.9 Å². The Morgan fingerprint density at radius 3 is 2.44 bits per heavy atom. The first kappa shape index (κ1) is 21.5. The first-order chi connectivity index (χ1) is 12.9. The van der Waals surface area contributed by atoms with E-state index < -0.39 is 10.0 Å². The Hall–Kier alpha value is -1.82. The van der Waals surface area contributed by atoms with Crippen molar-refractivity contribution >= 4 is 15.7 Å². The summed E-state index contributed by atoms with van der Waals surface area (Å²) in [5.74, 6) is 0.121. The van der Waals surface area contributed by atoms with E-state index in [0.29, 0.717) is 18.7 Å². The molecule has 0 bridgehead atoms. The van der Waals surface area contributed by atoms with Crippen molar-refractivity contribution in [3.8, 4) is 0 Å². The van der Waals surface area contributed by atoms with Crippen LogP contribution in [0.25, 0.3) is 0 Å². The predicted octanol–water partition coefficient (Wildman–Crippen LogP) is 4.19. The molecule has 0 amide bonds. The Morgan fingerprint density at radius 2 is 1.74 bits per heavy atom. The van der Waals surface area contributed by atoms with Gasteiger partial charge in [-0.3, -0.25) is 4.72 Å². The quantitative estimate of drug-likeness (QED) is 0.435. The maximum atomic E-state index is 12.4. The van der Waals surface area contributed by atoms with Crippen molar-refractivity contribution in [1.82, 2.24) is 4.57 Å². The van der Waals surface area contributed by atoms with Gasteiger partial charge in [0.1, 0.15) is 12.4 Å². The van der Waals surface area contributed by atoms with Gasteiger partial charge in [0.2, 0.25) is 16.4 Å². The molecular formula is C21H34N3O2S+. The van der Waals surface area contributed by atoms with E-state index in [1.807, 2.05) is 38.2 Å². The van der Waals surface area contributed by atoms with Crippen LogP contribution in [0.5, 0.6) is 0 Å². The van der Waals surface area contributed by atoms with E-state index >= 15 is 0 Å². The van der Waals surface area contributed by atoms with Crippen LogP contribution < -0.4 is 9.29 Å². The molecule has 5 nitrogen and oxygen atoms in total. The highest BCUT2D eigenvalue weighted by Gasteiger charge is 2.14. The SMILES string of the molecule is CCCCCCCn1cc[n+](CCCS(=O)(=O)Nc2c(C)cccc2C)c1. The Kier molecular flexibility index (Phi) is 8.35. The molecule has 1 aromatic carbocycles. The van der Waals surface area contributed by atoms with Gasteiger partial charge in [-0.15, -0.1) is 0 Å². The summed E-state index contributed by atoms with van der Waals surface area (Å²) < 4.78 is 31.8. The highest BCUT2D eigenvalue weighted by atomic mass is 32.2. The molecule has 1 heterocycles. The van der Waals surface area contributed by atoms with Crippen LogP contribution >= 0.6 is 0 Å². The highest BCUT2D eigenvalue weighted by Crippen LogP contribution is 2.20. The summed E-state index contributed by atoms with van der Waals surface area (Å²) in [5, 5.41) is 0. The third kappa shape index (κ3) is 7.37. The summed E-state index contributed by atoms with van der Waals surface area (Å²) in [5.41, 5.74) is 2.60. The molecule has 27 heavy (non-hydrogen) atoms. The second-order valence-electron chi connectivity index (χ2n) is 7.34. The van der Waals surface area contributed by atoms with E-state index in [4.69, 9.17) is 0 Å². The zero-order valence-corrected chi connectivity index (χ0v) is 17.8. The molecule has 2 rings (SSSR count). The van der Waals surface area contributed by atoms with E-state index in [-0.39, 0.29) is 5.75 Å². The molecule has 1 N–H and O–H groups in total. The fraction of sp³-hybridized carbons (Fsp3) is 0.571.